The highest BCUT2D eigenvalue weighted by atomic mass is 19.1. The molecule has 18 heavy (non-hydrogen) atoms. The van der Waals surface area contributed by atoms with Crippen molar-refractivity contribution < 1.29 is 9.13 Å². The number of nitrogens with zero attached hydrogens (tertiary/aromatic N) is 1. The normalized spacial score (nSPS) is 16.1. The molecular formula is C14H21FN2O. The summed E-state index contributed by atoms with van der Waals surface area (Å²) >= 11 is 0. The van der Waals surface area contributed by atoms with Crippen molar-refractivity contribution in [1.82, 2.24) is 4.90 Å². The van der Waals surface area contributed by atoms with Crippen LogP contribution in [0.4, 0.5) is 4.39 Å². The summed E-state index contributed by atoms with van der Waals surface area (Å²) in [5.74, 6) is 0.000504. The van der Waals surface area contributed by atoms with Gasteiger partial charge in [-0.2, -0.15) is 0 Å². The van der Waals surface area contributed by atoms with E-state index in [2.05, 4.69) is 4.90 Å². The van der Waals surface area contributed by atoms with Gasteiger partial charge in [0.15, 0.2) is 11.6 Å². The van der Waals surface area contributed by atoms with Gasteiger partial charge in [-0.3, -0.25) is 0 Å². The van der Waals surface area contributed by atoms with E-state index in [1.165, 1.54) is 32.0 Å². The van der Waals surface area contributed by atoms with Crippen molar-refractivity contribution in [3.63, 3.8) is 0 Å². The van der Waals surface area contributed by atoms with E-state index in [9.17, 15) is 4.39 Å². The van der Waals surface area contributed by atoms with Gasteiger partial charge < -0.3 is 15.4 Å². The molecule has 1 saturated heterocycles. The van der Waals surface area contributed by atoms with Crippen LogP contribution >= 0.6 is 0 Å². The van der Waals surface area contributed by atoms with Gasteiger partial charge in [0.2, 0.25) is 0 Å². The Morgan fingerprint density at radius 1 is 1.28 bits per heavy atom. The fourth-order valence-electron chi connectivity index (χ4n) is 2.34. The quantitative estimate of drug-likeness (QED) is 0.788. The lowest BCUT2D eigenvalue weighted by atomic mass is 10.2. The van der Waals surface area contributed by atoms with Crippen molar-refractivity contribution >= 4 is 0 Å². The molecule has 2 N–H and O–H groups in total. The largest absolute Gasteiger partial charge is 0.490 e. The molecule has 2 rings (SSSR count). The van der Waals surface area contributed by atoms with Crippen molar-refractivity contribution in [1.29, 1.82) is 0 Å². The second-order valence-electron chi connectivity index (χ2n) is 4.68. The molecule has 3 nitrogen and oxygen atoms in total. The van der Waals surface area contributed by atoms with E-state index in [0.29, 0.717) is 18.9 Å². The zero-order chi connectivity index (χ0) is 12.8. The van der Waals surface area contributed by atoms with Crippen molar-refractivity contribution in [3.8, 4) is 5.75 Å². The molecule has 0 saturated carbocycles. The molecule has 1 heterocycles. The van der Waals surface area contributed by atoms with Gasteiger partial charge in [-0.1, -0.05) is 12.1 Å². The second-order valence-corrected chi connectivity index (χ2v) is 4.68. The predicted octanol–water partition coefficient (Wildman–Crippen LogP) is 2.15. The van der Waals surface area contributed by atoms with Crippen LogP contribution in [0.25, 0.3) is 0 Å². The molecule has 0 aliphatic carbocycles. The van der Waals surface area contributed by atoms with E-state index in [1.54, 1.807) is 12.1 Å². The first-order chi connectivity index (χ1) is 8.81. The van der Waals surface area contributed by atoms with E-state index in [0.717, 1.165) is 18.5 Å². The molecule has 0 bridgehead atoms. The van der Waals surface area contributed by atoms with Gasteiger partial charge in [-0.05, 0) is 38.4 Å². The van der Waals surface area contributed by atoms with Crippen molar-refractivity contribution in [2.24, 2.45) is 5.73 Å². The van der Waals surface area contributed by atoms with E-state index in [4.69, 9.17) is 10.5 Å². The summed E-state index contributed by atoms with van der Waals surface area (Å²) in [6, 6.07) is 4.88. The molecule has 1 aromatic carbocycles. The summed E-state index contributed by atoms with van der Waals surface area (Å²) in [7, 11) is 0. The second kappa shape index (κ2) is 6.71. The van der Waals surface area contributed by atoms with Gasteiger partial charge in [0, 0.05) is 18.7 Å². The molecule has 1 fully saturated rings. The molecule has 1 aromatic rings. The van der Waals surface area contributed by atoms with Crippen molar-refractivity contribution in [3.05, 3.63) is 29.6 Å². The van der Waals surface area contributed by atoms with Crippen LogP contribution in [0, 0.1) is 5.82 Å². The van der Waals surface area contributed by atoms with Gasteiger partial charge in [-0.15, -0.1) is 0 Å². The molecule has 0 spiro atoms. The molecule has 0 unspecified atom stereocenters. The Kier molecular flexibility index (Phi) is 4.96. The lowest BCUT2D eigenvalue weighted by Crippen LogP contribution is -2.22. The van der Waals surface area contributed by atoms with Crippen LogP contribution < -0.4 is 10.5 Å². The number of para-hydroxylation sites is 1. The Morgan fingerprint density at radius 3 is 2.78 bits per heavy atom. The maximum Gasteiger partial charge on any atom is 0.165 e. The van der Waals surface area contributed by atoms with Crippen LogP contribution in [0.5, 0.6) is 5.75 Å². The van der Waals surface area contributed by atoms with Crippen LogP contribution in [0.3, 0.4) is 0 Å². The first kappa shape index (κ1) is 13.3. The zero-order valence-corrected chi connectivity index (χ0v) is 10.7. The molecule has 0 radical (unpaired) electrons. The SMILES string of the molecule is NCc1cccc(F)c1OCCCN1CCCC1. The van der Waals surface area contributed by atoms with Crippen LogP contribution in [-0.2, 0) is 6.54 Å². The number of rotatable bonds is 6. The van der Waals surface area contributed by atoms with Crippen molar-refractivity contribution in [2.75, 3.05) is 26.2 Å². The monoisotopic (exact) mass is 252 g/mol. The van der Waals surface area contributed by atoms with Crippen LogP contribution in [0.2, 0.25) is 0 Å². The number of benzene rings is 1. The molecule has 0 aromatic heterocycles. The Balaban J connectivity index is 1.78. The fraction of sp³-hybridized carbons (Fsp3) is 0.571. The summed E-state index contributed by atoms with van der Waals surface area (Å²) in [4.78, 5) is 2.43. The average Bonchev–Trinajstić information content (AvgIpc) is 2.89. The van der Waals surface area contributed by atoms with Crippen molar-refractivity contribution in [2.45, 2.75) is 25.8 Å². The van der Waals surface area contributed by atoms with Crippen LogP contribution in [0.15, 0.2) is 18.2 Å². The topological polar surface area (TPSA) is 38.5 Å². The maximum absolute atomic E-state index is 13.6. The van der Waals surface area contributed by atoms with Gasteiger partial charge in [0.1, 0.15) is 0 Å². The van der Waals surface area contributed by atoms with E-state index in [1.807, 2.05) is 0 Å². The summed E-state index contributed by atoms with van der Waals surface area (Å²) < 4.78 is 19.1. The number of hydrogen-bond acceptors (Lipinski definition) is 3. The summed E-state index contributed by atoms with van der Waals surface area (Å²) in [6.07, 6.45) is 3.52. The highest BCUT2D eigenvalue weighted by molar-refractivity contribution is 5.34. The maximum atomic E-state index is 13.6. The van der Waals surface area contributed by atoms with E-state index >= 15 is 0 Å². The van der Waals surface area contributed by atoms with Gasteiger partial charge in [0.05, 0.1) is 6.61 Å². The minimum absolute atomic E-state index is 0.305. The Bertz CT molecular complexity index is 378. The molecule has 0 atom stereocenters. The van der Waals surface area contributed by atoms with Gasteiger partial charge in [-0.25, -0.2) is 4.39 Å². The lowest BCUT2D eigenvalue weighted by molar-refractivity contribution is 0.254. The Labute approximate surface area is 108 Å². The first-order valence-corrected chi connectivity index (χ1v) is 6.64. The Morgan fingerprint density at radius 2 is 2.06 bits per heavy atom. The number of ether oxygens (including phenoxy) is 1. The number of halogens is 1. The number of likely N-dealkylation sites (tertiary alicyclic amines) is 1. The number of nitrogens with two attached hydrogens (primary N) is 1. The fourth-order valence-corrected chi connectivity index (χ4v) is 2.34. The minimum atomic E-state index is -0.320. The van der Waals surface area contributed by atoms with Gasteiger partial charge >= 0.3 is 0 Å². The highest BCUT2D eigenvalue weighted by Crippen LogP contribution is 2.22. The molecular weight excluding hydrogens is 231 g/mol. The zero-order valence-electron chi connectivity index (χ0n) is 10.7. The highest BCUT2D eigenvalue weighted by Gasteiger charge is 2.11. The molecule has 1 aliphatic rings. The third-order valence-electron chi connectivity index (χ3n) is 3.33. The lowest BCUT2D eigenvalue weighted by Gasteiger charge is -2.15. The Hall–Kier alpha value is -1.13. The third kappa shape index (κ3) is 3.43. The molecule has 4 heteroatoms. The molecule has 0 amide bonds. The van der Waals surface area contributed by atoms with Crippen LogP contribution in [0.1, 0.15) is 24.8 Å². The van der Waals surface area contributed by atoms with Gasteiger partial charge in [0.25, 0.3) is 0 Å². The first-order valence-electron chi connectivity index (χ1n) is 6.64. The summed E-state index contributed by atoms with van der Waals surface area (Å²) in [5.41, 5.74) is 6.30. The third-order valence-corrected chi connectivity index (χ3v) is 3.33. The van der Waals surface area contributed by atoms with Crippen LogP contribution in [-0.4, -0.2) is 31.1 Å². The van der Waals surface area contributed by atoms with E-state index < -0.39 is 0 Å². The number of hydrogen-bond donors (Lipinski definition) is 1. The predicted molar refractivity (Wildman–Crippen MR) is 70.1 cm³/mol. The standard InChI is InChI=1S/C14H21FN2O/c15-13-6-3-5-12(11-16)14(13)18-10-4-9-17-7-1-2-8-17/h3,5-6H,1-2,4,7-11,16H2. The molecule has 100 valence electrons. The molecule has 1 aliphatic heterocycles. The summed E-state index contributed by atoms with van der Waals surface area (Å²) in [6.45, 7) is 4.26. The average molecular weight is 252 g/mol. The smallest absolute Gasteiger partial charge is 0.165 e. The van der Waals surface area contributed by atoms with E-state index in [-0.39, 0.29) is 5.82 Å². The summed E-state index contributed by atoms with van der Waals surface area (Å²) in [5, 5.41) is 0. The minimum Gasteiger partial charge on any atom is -0.490 e.